The average molecular weight is 294 g/mol. The summed E-state index contributed by atoms with van der Waals surface area (Å²) in [5.74, 6) is 0.0838. The number of fused-ring (bicyclic) bond motifs is 1. The molecular formula is C14H16ClN3O2. The molecule has 6 heteroatoms. The Morgan fingerprint density at radius 1 is 1.50 bits per heavy atom. The molecule has 1 aliphatic heterocycles. The Labute approximate surface area is 121 Å². The van der Waals surface area contributed by atoms with Crippen LogP contribution < -0.4 is 10.9 Å². The Morgan fingerprint density at radius 2 is 2.35 bits per heavy atom. The number of piperidine rings is 1. The summed E-state index contributed by atoms with van der Waals surface area (Å²) in [7, 11) is 0. The molecule has 0 aliphatic carbocycles. The molecule has 3 rings (SSSR count). The van der Waals surface area contributed by atoms with Crippen LogP contribution in [0.3, 0.4) is 0 Å². The zero-order valence-electron chi connectivity index (χ0n) is 10.9. The highest BCUT2D eigenvalue weighted by atomic mass is 35.5. The van der Waals surface area contributed by atoms with Gasteiger partial charge in [-0.05, 0) is 31.2 Å². The van der Waals surface area contributed by atoms with Crippen molar-refractivity contribution in [1.29, 1.82) is 0 Å². The van der Waals surface area contributed by atoms with Crippen molar-refractivity contribution < 1.29 is 5.11 Å². The number of aromatic nitrogens is 2. The number of β-amino-alcohol motifs (C(OH)–C–C–N with tert-alkyl or cyclic N) is 1. The summed E-state index contributed by atoms with van der Waals surface area (Å²) in [6, 6.07) is 5.07. The number of rotatable bonds is 2. The van der Waals surface area contributed by atoms with E-state index in [1.54, 1.807) is 22.8 Å². The predicted molar refractivity (Wildman–Crippen MR) is 78.0 cm³/mol. The van der Waals surface area contributed by atoms with Crippen LogP contribution in [0.25, 0.3) is 10.9 Å². The number of hydrogen-bond acceptors (Lipinski definition) is 4. The maximum Gasteiger partial charge on any atom is 0.261 e. The molecule has 1 aromatic carbocycles. The molecule has 106 valence electrons. The Morgan fingerprint density at radius 3 is 3.15 bits per heavy atom. The molecule has 2 aromatic rings. The summed E-state index contributed by atoms with van der Waals surface area (Å²) in [6.07, 6.45) is 1.97. The van der Waals surface area contributed by atoms with Gasteiger partial charge >= 0.3 is 0 Å². The maximum atomic E-state index is 12.4. The fourth-order valence-electron chi connectivity index (χ4n) is 2.62. The van der Waals surface area contributed by atoms with Crippen molar-refractivity contribution in [2.24, 2.45) is 5.92 Å². The van der Waals surface area contributed by atoms with E-state index in [0.29, 0.717) is 29.0 Å². The first-order valence-electron chi connectivity index (χ1n) is 6.68. The molecule has 2 atom stereocenters. The first-order valence-corrected chi connectivity index (χ1v) is 7.06. The summed E-state index contributed by atoms with van der Waals surface area (Å²) in [6.45, 7) is 1.94. The third-order valence-electron chi connectivity index (χ3n) is 3.81. The summed E-state index contributed by atoms with van der Waals surface area (Å²) >= 11 is 5.90. The number of nitrogens with one attached hydrogen (secondary N) is 1. The van der Waals surface area contributed by atoms with Crippen molar-refractivity contribution in [3.63, 3.8) is 0 Å². The van der Waals surface area contributed by atoms with E-state index in [0.717, 1.165) is 13.0 Å². The van der Waals surface area contributed by atoms with Gasteiger partial charge in [0.25, 0.3) is 5.56 Å². The van der Waals surface area contributed by atoms with E-state index in [9.17, 15) is 9.90 Å². The largest absolute Gasteiger partial charge is 0.391 e. The zero-order valence-corrected chi connectivity index (χ0v) is 11.7. The van der Waals surface area contributed by atoms with Gasteiger partial charge in [0.15, 0.2) is 0 Å². The van der Waals surface area contributed by atoms with E-state index in [4.69, 9.17) is 11.6 Å². The van der Waals surface area contributed by atoms with Crippen molar-refractivity contribution >= 4 is 22.5 Å². The van der Waals surface area contributed by atoms with E-state index in [1.165, 1.54) is 6.33 Å². The van der Waals surface area contributed by atoms with Crippen molar-refractivity contribution in [1.82, 2.24) is 14.9 Å². The minimum absolute atomic E-state index is 0.0838. The second kappa shape index (κ2) is 5.52. The van der Waals surface area contributed by atoms with Crippen LogP contribution in [-0.2, 0) is 6.54 Å². The SMILES string of the molecule is O=c1c2ccc(Cl)cc2ncn1C[C@@H]1CCNC[C@H]1O. The van der Waals surface area contributed by atoms with Gasteiger partial charge < -0.3 is 10.4 Å². The van der Waals surface area contributed by atoms with Crippen molar-refractivity contribution in [2.75, 3.05) is 13.1 Å². The minimum Gasteiger partial charge on any atom is -0.391 e. The van der Waals surface area contributed by atoms with Crippen LogP contribution in [0.5, 0.6) is 0 Å². The summed E-state index contributed by atoms with van der Waals surface area (Å²) in [4.78, 5) is 16.7. The van der Waals surface area contributed by atoms with Gasteiger partial charge in [0.05, 0.1) is 23.3 Å². The van der Waals surface area contributed by atoms with Gasteiger partial charge in [-0.1, -0.05) is 11.6 Å². The Kier molecular flexibility index (Phi) is 3.74. The second-order valence-electron chi connectivity index (χ2n) is 5.18. The molecule has 1 aliphatic rings. The van der Waals surface area contributed by atoms with Crippen LogP contribution >= 0.6 is 11.6 Å². The first kappa shape index (κ1) is 13.5. The predicted octanol–water partition coefficient (Wildman–Crippen LogP) is 1.02. The Balaban J connectivity index is 1.94. The number of hydrogen-bond donors (Lipinski definition) is 2. The van der Waals surface area contributed by atoms with Crippen molar-refractivity contribution in [2.45, 2.75) is 19.1 Å². The van der Waals surface area contributed by atoms with Crippen LogP contribution in [0, 0.1) is 5.92 Å². The molecule has 0 spiro atoms. The second-order valence-corrected chi connectivity index (χ2v) is 5.62. The van der Waals surface area contributed by atoms with Crippen LogP contribution in [0.4, 0.5) is 0 Å². The van der Waals surface area contributed by atoms with E-state index in [2.05, 4.69) is 10.3 Å². The summed E-state index contributed by atoms with van der Waals surface area (Å²) in [5.41, 5.74) is 0.516. The minimum atomic E-state index is -0.420. The molecule has 1 saturated heterocycles. The lowest BCUT2D eigenvalue weighted by atomic mass is 9.95. The molecule has 0 unspecified atom stereocenters. The fourth-order valence-corrected chi connectivity index (χ4v) is 2.79. The van der Waals surface area contributed by atoms with Gasteiger partial charge in [-0.2, -0.15) is 0 Å². The topological polar surface area (TPSA) is 67.2 Å². The number of aliphatic hydroxyl groups excluding tert-OH is 1. The van der Waals surface area contributed by atoms with E-state index in [1.807, 2.05) is 0 Å². The molecule has 20 heavy (non-hydrogen) atoms. The zero-order chi connectivity index (χ0) is 14.1. The highest BCUT2D eigenvalue weighted by Crippen LogP contribution is 2.16. The quantitative estimate of drug-likeness (QED) is 0.867. The van der Waals surface area contributed by atoms with Gasteiger partial charge in [-0.25, -0.2) is 4.98 Å². The van der Waals surface area contributed by atoms with Crippen molar-refractivity contribution in [3.8, 4) is 0 Å². The molecule has 1 aromatic heterocycles. The summed E-state index contributed by atoms with van der Waals surface area (Å²) < 4.78 is 1.58. The van der Waals surface area contributed by atoms with Gasteiger partial charge in [-0.15, -0.1) is 0 Å². The molecular weight excluding hydrogens is 278 g/mol. The highest BCUT2D eigenvalue weighted by molar-refractivity contribution is 6.31. The molecule has 2 heterocycles. The smallest absolute Gasteiger partial charge is 0.261 e. The lowest BCUT2D eigenvalue weighted by Crippen LogP contribution is -2.43. The molecule has 2 N–H and O–H groups in total. The molecule has 0 radical (unpaired) electrons. The van der Waals surface area contributed by atoms with E-state index in [-0.39, 0.29) is 11.5 Å². The van der Waals surface area contributed by atoms with Crippen molar-refractivity contribution in [3.05, 3.63) is 39.9 Å². The lowest BCUT2D eigenvalue weighted by Gasteiger charge is -2.28. The molecule has 1 fully saturated rings. The molecule has 5 nitrogen and oxygen atoms in total. The maximum absolute atomic E-state index is 12.4. The standard InChI is InChI=1S/C14H16ClN3O2/c15-10-1-2-11-12(5-10)17-8-18(14(11)20)7-9-3-4-16-6-13(9)19/h1-2,5,8-9,13,16,19H,3-4,6-7H2/t9-,13+/m0/s1. The average Bonchev–Trinajstić information content (AvgIpc) is 2.44. The molecule has 0 saturated carbocycles. The van der Waals surface area contributed by atoms with E-state index < -0.39 is 6.10 Å². The van der Waals surface area contributed by atoms with Crippen LogP contribution in [0.1, 0.15) is 6.42 Å². The number of benzene rings is 1. The van der Waals surface area contributed by atoms with E-state index >= 15 is 0 Å². The number of aliphatic hydroxyl groups is 1. The van der Waals surface area contributed by atoms with Gasteiger partial charge in [-0.3, -0.25) is 9.36 Å². The first-order chi connectivity index (χ1) is 9.65. The van der Waals surface area contributed by atoms with Gasteiger partial charge in [0.2, 0.25) is 0 Å². The van der Waals surface area contributed by atoms with Gasteiger partial charge in [0, 0.05) is 24.0 Å². The summed E-state index contributed by atoms with van der Waals surface area (Å²) in [5, 5.41) is 14.2. The van der Waals surface area contributed by atoms with Crippen LogP contribution in [-0.4, -0.2) is 33.9 Å². The molecule has 0 amide bonds. The highest BCUT2D eigenvalue weighted by Gasteiger charge is 2.23. The van der Waals surface area contributed by atoms with Crippen LogP contribution in [0.2, 0.25) is 5.02 Å². The third kappa shape index (κ3) is 2.57. The number of nitrogens with zero attached hydrogens (tertiary/aromatic N) is 2. The lowest BCUT2D eigenvalue weighted by molar-refractivity contribution is 0.0717. The fraction of sp³-hybridized carbons (Fsp3) is 0.429. The number of halogens is 1. The molecule has 0 bridgehead atoms. The Bertz CT molecular complexity index is 686. The van der Waals surface area contributed by atoms with Crippen LogP contribution in [0.15, 0.2) is 29.3 Å². The normalized spacial score (nSPS) is 23.1. The third-order valence-corrected chi connectivity index (χ3v) is 4.04. The Hall–Kier alpha value is -1.43. The monoisotopic (exact) mass is 293 g/mol. The van der Waals surface area contributed by atoms with Gasteiger partial charge in [0.1, 0.15) is 0 Å².